The van der Waals surface area contributed by atoms with Gasteiger partial charge < -0.3 is 5.73 Å². The van der Waals surface area contributed by atoms with E-state index in [-0.39, 0.29) is 5.41 Å². The van der Waals surface area contributed by atoms with Crippen molar-refractivity contribution in [2.45, 2.75) is 33.1 Å². The lowest BCUT2D eigenvalue weighted by Crippen LogP contribution is -2.20. The molecule has 0 saturated carbocycles. The zero-order chi connectivity index (χ0) is 14.7. The highest BCUT2D eigenvalue weighted by molar-refractivity contribution is 5.77. The van der Waals surface area contributed by atoms with E-state index in [4.69, 9.17) is 0 Å². The molecule has 1 unspecified atom stereocenters. The van der Waals surface area contributed by atoms with Crippen LogP contribution < -0.4 is 5.73 Å². The molecule has 0 spiro atoms. The summed E-state index contributed by atoms with van der Waals surface area (Å²) in [6.07, 6.45) is 9.97. The second-order valence-electron chi connectivity index (χ2n) is 4.13. The fourth-order valence-corrected chi connectivity index (χ4v) is 1.68. The van der Waals surface area contributed by atoms with Gasteiger partial charge in [0.25, 0.3) is 0 Å². The summed E-state index contributed by atoms with van der Waals surface area (Å²) in [5.74, 6) is 0. The average molecular weight is 258 g/mol. The Labute approximate surface area is 117 Å². The van der Waals surface area contributed by atoms with Gasteiger partial charge in [0, 0.05) is 17.8 Å². The van der Waals surface area contributed by atoms with Crippen molar-refractivity contribution in [3.8, 4) is 0 Å². The van der Waals surface area contributed by atoms with E-state index >= 15 is 0 Å². The summed E-state index contributed by atoms with van der Waals surface area (Å²) < 4.78 is 0. The maximum atomic E-state index is 4.50. The van der Waals surface area contributed by atoms with Gasteiger partial charge in [-0.15, -0.1) is 0 Å². The maximum absolute atomic E-state index is 4.50. The number of hydrogen-bond acceptors (Lipinski definition) is 2. The first-order chi connectivity index (χ1) is 9.21. The lowest BCUT2D eigenvalue weighted by Gasteiger charge is -2.21. The molecule has 1 aromatic carbocycles. The van der Waals surface area contributed by atoms with Crippen LogP contribution in [0.2, 0.25) is 0 Å². The molecule has 2 nitrogen and oxygen atoms in total. The van der Waals surface area contributed by atoms with Gasteiger partial charge in [0.05, 0.1) is 0 Å². The zero-order valence-corrected chi connectivity index (χ0v) is 12.7. The summed E-state index contributed by atoms with van der Waals surface area (Å²) in [6.45, 7) is 8.27. The minimum absolute atomic E-state index is 0.0861. The Morgan fingerprint density at radius 3 is 2.16 bits per heavy atom. The number of aliphatic imine (C=N–C) groups is 1. The molecule has 1 heterocycles. The monoisotopic (exact) mass is 258 g/mol. The molecule has 104 valence electrons. The topological polar surface area (TPSA) is 38.4 Å². The molecule has 2 N–H and O–H groups in total. The van der Waals surface area contributed by atoms with Crippen molar-refractivity contribution in [1.29, 1.82) is 0 Å². The second kappa shape index (κ2) is 9.29. The smallest absolute Gasteiger partial charge is 0.0460 e. The normalized spacial score (nSPS) is 19.7. The number of rotatable bonds is 1. The lowest BCUT2D eigenvalue weighted by molar-refractivity contribution is 0.829. The first-order valence-electron chi connectivity index (χ1n) is 6.74. The summed E-state index contributed by atoms with van der Waals surface area (Å²) in [4.78, 5) is 4.25. The lowest BCUT2D eigenvalue weighted by atomic mass is 9.83. The summed E-state index contributed by atoms with van der Waals surface area (Å²) in [6, 6.07) is 8.61. The molecule has 19 heavy (non-hydrogen) atoms. The van der Waals surface area contributed by atoms with Crippen LogP contribution in [0.5, 0.6) is 0 Å². The van der Waals surface area contributed by atoms with Crippen molar-refractivity contribution in [3.63, 3.8) is 0 Å². The van der Waals surface area contributed by atoms with Gasteiger partial charge >= 0.3 is 0 Å². The maximum Gasteiger partial charge on any atom is 0.0460 e. The third-order valence-corrected chi connectivity index (χ3v) is 2.74. The van der Waals surface area contributed by atoms with Crippen molar-refractivity contribution in [3.05, 3.63) is 59.8 Å². The van der Waals surface area contributed by atoms with Crippen LogP contribution in [0.1, 0.15) is 31.9 Å². The van der Waals surface area contributed by atoms with Gasteiger partial charge in [0.2, 0.25) is 0 Å². The molecular weight excluding hydrogens is 232 g/mol. The van der Waals surface area contributed by atoms with Crippen LogP contribution in [0.15, 0.2) is 53.7 Å². The van der Waals surface area contributed by atoms with Crippen LogP contribution in [0.25, 0.3) is 0 Å². The molecule has 2 heteroatoms. The summed E-state index contributed by atoms with van der Waals surface area (Å²) in [7, 11) is 1.50. The average Bonchev–Trinajstić information content (AvgIpc) is 2.70. The SMILES string of the molecule is CC.CN.Cc1ccc(C2(C)C=CC=CN=C2)cc1. The van der Waals surface area contributed by atoms with Crippen LogP contribution in [-0.4, -0.2) is 13.3 Å². The third kappa shape index (κ3) is 5.23. The number of allylic oxidation sites excluding steroid dienone is 3. The molecule has 0 radical (unpaired) electrons. The Morgan fingerprint density at radius 2 is 1.58 bits per heavy atom. The molecule has 0 bridgehead atoms. The quantitative estimate of drug-likeness (QED) is 0.812. The molecule has 1 aliphatic heterocycles. The van der Waals surface area contributed by atoms with Gasteiger partial charge in [0.15, 0.2) is 0 Å². The van der Waals surface area contributed by atoms with Crippen LogP contribution >= 0.6 is 0 Å². The van der Waals surface area contributed by atoms with E-state index < -0.39 is 0 Å². The predicted molar refractivity (Wildman–Crippen MR) is 86.8 cm³/mol. The van der Waals surface area contributed by atoms with E-state index in [9.17, 15) is 0 Å². The fourth-order valence-electron chi connectivity index (χ4n) is 1.68. The Morgan fingerprint density at radius 1 is 1.00 bits per heavy atom. The second-order valence-corrected chi connectivity index (χ2v) is 4.13. The first-order valence-corrected chi connectivity index (χ1v) is 6.74. The van der Waals surface area contributed by atoms with E-state index in [2.05, 4.69) is 54.9 Å². The van der Waals surface area contributed by atoms with Crippen LogP contribution in [0.4, 0.5) is 0 Å². The van der Waals surface area contributed by atoms with E-state index in [1.165, 1.54) is 18.2 Å². The Hall–Kier alpha value is -1.67. The minimum atomic E-state index is -0.0861. The predicted octanol–water partition coefficient (Wildman–Crippen LogP) is 4.01. The molecule has 0 saturated heterocycles. The largest absolute Gasteiger partial charge is 0.333 e. The van der Waals surface area contributed by atoms with E-state index in [0.29, 0.717) is 0 Å². The molecule has 0 fully saturated rings. The fraction of sp³-hybridized carbons (Fsp3) is 0.353. The standard InChI is InChI=1S/C14H15N.C2H6.CH5N/c1-12-5-7-13(8-6-12)14(2)9-3-4-10-15-11-14;2*1-2/h3-11H,1-2H3;1-2H3;2H2,1H3. The van der Waals surface area contributed by atoms with Gasteiger partial charge in [-0.05, 0) is 32.5 Å². The van der Waals surface area contributed by atoms with E-state index in [1.54, 1.807) is 0 Å². The first kappa shape index (κ1) is 17.3. The molecule has 0 aromatic heterocycles. The van der Waals surface area contributed by atoms with Crippen molar-refractivity contribution in [1.82, 2.24) is 0 Å². The van der Waals surface area contributed by atoms with Crippen molar-refractivity contribution >= 4 is 6.21 Å². The van der Waals surface area contributed by atoms with Crippen LogP contribution in [-0.2, 0) is 5.41 Å². The van der Waals surface area contributed by atoms with Gasteiger partial charge in [-0.3, -0.25) is 4.99 Å². The van der Waals surface area contributed by atoms with Gasteiger partial charge in [-0.2, -0.15) is 0 Å². The number of nitrogens with two attached hydrogens (primary N) is 1. The van der Waals surface area contributed by atoms with Gasteiger partial charge in [-0.25, -0.2) is 0 Å². The van der Waals surface area contributed by atoms with Crippen molar-refractivity contribution < 1.29 is 0 Å². The molecule has 0 aliphatic carbocycles. The summed E-state index contributed by atoms with van der Waals surface area (Å²) in [5, 5.41) is 0. The molecular formula is C17H26N2. The summed E-state index contributed by atoms with van der Waals surface area (Å²) >= 11 is 0. The third-order valence-electron chi connectivity index (χ3n) is 2.74. The van der Waals surface area contributed by atoms with Crippen LogP contribution in [0, 0.1) is 6.92 Å². The molecule has 1 atom stereocenters. The van der Waals surface area contributed by atoms with Gasteiger partial charge in [-0.1, -0.05) is 55.8 Å². The highest BCUT2D eigenvalue weighted by atomic mass is 14.7. The summed E-state index contributed by atoms with van der Waals surface area (Å²) in [5.41, 5.74) is 6.98. The molecule has 1 aromatic rings. The Bertz CT molecular complexity index is 409. The number of benzene rings is 1. The minimum Gasteiger partial charge on any atom is -0.333 e. The highest BCUT2D eigenvalue weighted by Crippen LogP contribution is 2.25. The van der Waals surface area contributed by atoms with Gasteiger partial charge in [0.1, 0.15) is 0 Å². The Kier molecular flexibility index (Phi) is 8.47. The molecule has 0 amide bonds. The van der Waals surface area contributed by atoms with Crippen LogP contribution in [0.3, 0.4) is 0 Å². The van der Waals surface area contributed by atoms with Crippen molar-refractivity contribution in [2.24, 2.45) is 10.7 Å². The highest BCUT2D eigenvalue weighted by Gasteiger charge is 2.20. The van der Waals surface area contributed by atoms with E-state index in [1.807, 2.05) is 38.4 Å². The molecule has 1 aliphatic rings. The van der Waals surface area contributed by atoms with E-state index in [0.717, 1.165) is 0 Å². The number of hydrogen-bond donors (Lipinski definition) is 1. The van der Waals surface area contributed by atoms with Crippen molar-refractivity contribution in [2.75, 3.05) is 7.05 Å². The molecule has 2 rings (SSSR count). The Balaban J connectivity index is 0.000000741. The zero-order valence-electron chi connectivity index (χ0n) is 12.7. The number of aryl methyl sites for hydroxylation is 1. The number of nitrogens with zero attached hydrogens (tertiary/aromatic N) is 1.